The Kier molecular flexibility index (Phi) is 12.9. The van der Waals surface area contributed by atoms with Crippen molar-refractivity contribution in [3.8, 4) is 22.6 Å². The lowest BCUT2D eigenvalue weighted by molar-refractivity contribution is -0.159. The largest absolute Gasteiger partial charge is 0.497 e. The van der Waals surface area contributed by atoms with Gasteiger partial charge in [0.1, 0.15) is 28.7 Å². The van der Waals surface area contributed by atoms with Crippen LogP contribution in [-0.2, 0) is 19.1 Å². The van der Waals surface area contributed by atoms with E-state index in [9.17, 15) is 9.59 Å². The fraction of sp³-hybridized carbons (Fsp3) is 0.259. The van der Waals surface area contributed by atoms with E-state index in [0.717, 1.165) is 5.56 Å². The van der Waals surface area contributed by atoms with E-state index in [2.05, 4.69) is 5.32 Å². The van der Waals surface area contributed by atoms with Crippen molar-refractivity contribution in [1.82, 2.24) is 4.90 Å². The second-order valence-electron chi connectivity index (χ2n) is 8.00. The van der Waals surface area contributed by atoms with Crippen LogP contribution in [0.2, 0.25) is 5.02 Å². The molecule has 0 saturated heterocycles. The van der Waals surface area contributed by atoms with Crippen LogP contribution in [0.25, 0.3) is 11.1 Å². The molecule has 40 heavy (non-hydrogen) atoms. The summed E-state index contributed by atoms with van der Waals surface area (Å²) < 4.78 is 16.1. The number of likely N-dealkylation sites (N-methyl/N-ethyl adjacent to an activating group) is 1. The van der Waals surface area contributed by atoms with E-state index in [-0.39, 0.29) is 19.1 Å². The highest BCUT2D eigenvalue weighted by molar-refractivity contribution is 7.15. The standard InChI is InChI=1S/C25H27ClN2O5S.C2H2O4/c1-4-32-25(30)23-21(17-5-9-19(31-3)10-6-17)16-34-24(23)27-22(29)15-28(2)13-14-33-20-11-7-18(26)8-12-20;3-1(4)2(5)6/h5-12,16H,4,13-15H2,1-3H3,(H,27,29);(H,3,4)(H,5,6). The van der Waals surface area contributed by atoms with Gasteiger partial charge in [0.05, 0.1) is 20.3 Å². The maximum atomic E-state index is 12.7. The number of nitrogens with one attached hydrogen (secondary N) is 1. The predicted octanol–water partition coefficient (Wildman–Crippen LogP) is 4.36. The number of carbonyl (C=O) groups is 4. The second kappa shape index (κ2) is 16.1. The molecule has 1 heterocycles. The molecule has 0 unspecified atom stereocenters. The van der Waals surface area contributed by atoms with Crippen molar-refractivity contribution in [3.05, 3.63) is 64.5 Å². The zero-order chi connectivity index (χ0) is 29.7. The number of esters is 1. The summed E-state index contributed by atoms with van der Waals surface area (Å²) in [5.41, 5.74) is 1.88. The van der Waals surface area contributed by atoms with E-state index in [1.165, 1.54) is 11.3 Å². The number of halogens is 1. The number of carboxylic acids is 2. The minimum atomic E-state index is -1.82. The van der Waals surface area contributed by atoms with Crippen LogP contribution in [0.3, 0.4) is 0 Å². The van der Waals surface area contributed by atoms with Gasteiger partial charge in [-0.05, 0) is 55.9 Å². The topological polar surface area (TPSA) is 152 Å². The predicted molar refractivity (Wildman–Crippen MR) is 151 cm³/mol. The second-order valence-corrected chi connectivity index (χ2v) is 9.32. The summed E-state index contributed by atoms with van der Waals surface area (Å²) in [4.78, 5) is 45.4. The molecule has 0 aliphatic heterocycles. The van der Waals surface area contributed by atoms with Crippen LogP contribution >= 0.6 is 22.9 Å². The van der Waals surface area contributed by atoms with Crippen molar-refractivity contribution in [3.63, 3.8) is 0 Å². The number of nitrogens with zero attached hydrogens (tertiary/aromatic N) is 1. The molecule has 214 valence electrons. The third-order valence-corrected chi connectivity index (χ3v) is 6.22. The number of rotatable bonds is 11. The first-order chi connectivity index (χ1) is 19.0. The van der Waals surface area contributed by atoms with Crippen molar-refractivity contribution in [2.45, 2.75) is 6.92 Å². The molecule has 0 radical (unpaired) electrons. The first-order valence-corrected chi connectivity index (χ1v) is 13.1. The summed E-state index contributed by atoms with van der Waals surface area (Å²) in [6, 6.07) is 14.5. The Morgan fingerprint density at radius 1 is 0.975 bits per heavy atom. The maximum absolute atomic E-state index is 12.7. The number of amides is 1. The number of thiophene rings is 1. The summed E-state index contributed by atoms with van der Waals surface area (Å²) in [6.07, 6.45) is 0. The van der Waals surface area contributed by atoms with Crippen molar-refractivity contribution >= 4 is 51.8 Å². The van der Waals surface area contributed by atoms with Gasteiger partial charge in [-0.15, -0.1) is 11.3 Å². The summed E-state index contributed by atoms with van der Waals surface area (Å²) in [7, 11) is 3.42. The molecule has 13 heteroatoms. The van der Waals surface area contributed by atoms with Crippen LogP contribution in [0.4, 0.5) is 5.00 Å². The monoisotopic (exact) mass is 592 g/mol. The Labute approximate surface area is 239 Å². The molecule has 0 spiro atoms. The number of aliphatic carboxylic acids is 2. The summed E-state index contributed by atoms with van der Waals surface area (Å²) >= 11 is 7.16. The van der Waals surface area contributed by atoms with Gasteiger partial charge in [-0.1, -0.05) is 23.7 Å². The van der Waals surface area contributed by atoms with E-state index in [0.29, 0.717) is 45.8 Å². The molecule has 3 rings (SSSR count). The van der Waals surface area contributed by atoms with Gasteiger partial charge in [0.25, 0.3) is 0 Å². The lowest BCUT2D eigenvalue weighted by Crippen LogP contribution is -2.33. The normalized spacial score (nSPS) is 10.2. The van der Waals surface area contributed by atoms with Gasteiger partial charge in [-0.2, -0.15) is 0 Å². The molecular weight excluding hydrogens is 564 g/mol. The Morgan fingerprint density at radius 2 is 1.57 bits per heavy atom. The van der Waals surface area contributed by atoms with Gasteiger partial charge in [0.2, 0.25) is 5.91 Å². The summed E-state index contributed by atoms with van der Waals surface area (Å²) in [5.74, 6) is -2.93. The molecule has 0 aliphatic rings. The minimum Gasteiger partial charge on any atom is -0.497 e. The van der Waals surface area contributed by atoms with Crippen LogP contribution in [0.1, 0.15) is 17.3 Å². The average molecular weight is 593 g/mol. The number of hydrogen-bond acceptors (Lipinski definition) is 9. The highest BCUT2D eigenvalue weighted by Crippen LogP contribution is 2.36. The Balaban J connectivity index is 0.000000840. The van der Waals surface area contributed by atoms with Gasteiger partial charge >= 0.3 is 17.9 Å². The van der Waals surface area contributed by atoms with Crippen molar-refractivity contribution in [2.24, 2.45) is 0 Å². The molecular formula is C27H29ClN2O9S. The number of carbonyl (C=O) groups excluding carboxylic acids is 2. The van der Waals surface area contributed by atoms with E-state index in [1.54, 1.807) is 38.3 Å². The van der Waals surface area contributed by atoms with E-state index >= 15 is 0 Å². The molecule has 0 bridgehead atoms. The Hall–Kier alpha value is -4.13. The van der Waals surface area contributed by atoms with Crippen LogP contribution in [0.15, 0.2) is 53.9 Å². The first kappa shape index (κ1) is 32.1. The van der Waals surface area contributed by atoms with Crippen LogP contribution in [0.5, 0.6) is 11.5 Å². The van der Waals surface area contributed by atoms with Crippen LogP contribution < -0.4 is 14.8 Å². The molecule has 1 aromatic heterocycles. The number of anilines is 1. The molecule has 0 atom stereocenters. The Morgan fingerprint density at radius 3 is 2.12 bits per heavy atom. The van der Waals surface area contributed by atoms with Crippen molar-refractivity contribution in [1.29, 1.82) is 0 Å². The van der Waals surface area contributed by atoms with Crippen LogP contribution in [0, 0.1) is 0 Å². The van der Waals surface area contributed by atoms with Gasteiger partial charge in [0.15, 0.2) is 0 Å². The quantitative estimate of drug-likeness (QED) is 0.216. The average Bonchev–Trinajstić information content (AvgIpc) is 3.33. The van der Waals surface area contributed by atoms with Gasteiger partial charge in [-0.25, -0.2) is 14.4 Å². The van der Waals surface area contributed by atoms with Crippen molar-refractivity contribution < 1.29 is 43.6 Å². The molecule has 1 amide bonds. The fourth-order valence-electron chi connectivity index (χ4n) is 3.18. The molecule has 0 aliphatic carbocycles. The number of carboxylic acid groups (broad SMARTS) is 2. The van der Waals surface area contributed by atoms with Gasteiger partial charge in [-0.3, -0.25) is 9.69 Å². The molecule has 2 aromatic carbocycles. The number of methoxy groups -OCH3 is 1. The third-order valence-electron chi connectivity index (χ3n) is 5.08. The lowest BCUT2D eigenvalue weighted by atomic mass is 10.0. The van der Waals surface area contributed by atoms with Gasteiger partial charge < -0.3 is 29.7 Å². The molecule has 0 saturated carbocycles. The summed E-state index contributed by atoms with van der Waals surface area (Å²) in [5, 5.41) is 20.6. The Bertz CT molecular complexity index is 1280. The van der Waals surface area contributed by atoms with Crippen LogP contribution in [-0.4, -0.2) is 79.4 Å². The number of ether oxygens (including phenoxy) is 3. The molecule has 3 N–H and O–H groups in total. The minimum absolute atomic E-state index is 0.141. The van der Waals surface area contributed by atoms with E-state index in [1.807, 2.05) is 41.6 Å². The van der Waals surface area contributed by atoms with E-state index in [4.69, 9.17) is 45.6 Å². The number of benzene rings is 2. The highest BCUT2D eigenvalue weighted by atomic mass is 35.5. The molecule has 11 nitrogen and oxygen atoms in total. The molecule has 0 fully saturated rings. The van der Waals surface area contributed by atoms with Crippen molar-refractivity contribution in [2.75, 3.05) is 45.8 Å². The summed E-state index contributed by atoms with van der Waals surface area (Å²) in [6.45, 7) is 3.08. The zero-order valence-corrected chi connectivity index (χ0v) is 23.6. The third kappa shape index (κ3) is 10.2. The van der Waals surface area contributed by atoms with E-state index < -0.39 is 17.9 Å². The first-order valence-electron chi connectivity index (χ1n) is 11.8. The highest BCUT2D eigenvalue weighted by Gasteiger charge is 2.23. The SMILES string of the molecule is CCOC(=O)c1c(-c2ccc(OC)cc2)csc1NC(=O)CN(C)CCOc1ccc(Cl)cc1.O=C(O)C(=O)O. The zero-order valence-electron chi connectivity index (χ0n) is 22.0. The number of hydrogen-bond donors (Lipinski definition) is 3. The van der Waals surface area contributed by atoms with Gasteiger partial charge in [0, 0.05) is 22.5 Å². The maximum Gasteiger partial charge on any atom is 0.414 e. The molecule has 3 aromatic rings. The fourth-order valence-corrected chi connectivity index (χ4v) is 4.28. The lowest BCUT2D eigenvalue weighted by Gasteiger charge is -2.17. The smallest absolute Gasteiger partial charge is 0.414 e.